The van der Waals surface area contributed by atoms with Gasteiger partial charge in [-0.1, -0.05) is 12.1 Å². The van der Waals surface area contributed by atoms with Crippen molar-refractivity contribution in [1.82, 2.24) is 14.5 Å². The minimum atomic E-state index is -0.930. The number of carbonyl (C=O) groups excluding carboxylic acids is 2. The van der Waals surface area contributed by atoms with E-state index in [-0.39, 0.29) is 34.7 Å². The summed E-state index contributed by atoms with van der Waals surface area (Å²) in [6.07, 6.45) is 8.05. The van der Waals surface area contributed by atoms with Crippen LogP contribution in [0.3, 0.4) is 0 Å². The number of thiazole rings is 1. The predicted octanol–water partition coefficient (Wildman–Crippen LogP) is 0.621. The molecule has 0 saturated heterocycles. The van der Waals surface area contributed by atoms with Crippen LogP contribution >= 0.6 is 11.3 Å². The second-order valence-corrected chi connectivity index (χ2v) is 8.24. The fourth-order valence-corrected chi connectivity index (χ4v) is 4.90. The average Bonchev–Trinajstić information content (AvgIpc) is 3.14. The molecule has 9 nitrogen and oxygen atoms in total. The summed E-state index contributed by atoms with van der Waals surface area (Å²) in [7, 11) is 0. The number of ether oxygens (including phenoxy) is 2. The van der Waals surface area contributed by atoms with Crippen molar-refractivity contribution in [2.24, 2.45) is 5.73 Å². The lowest BCUT2D eigenvalue weighted by Crippen LogP contribution is -2.43. The van der Waals surface area contributed by atoms with E-state index in [1.54, 1.807) is 69.0 Å². The van der Waals surface area contributed by atoms with Crippen molar-refractivity contribution in [1.29, 1.82) is 0 Å². The summed E-state index contributed by atoms with van der Waals surface area (Å²) in [4.78, 5) is 47.9. The van der Waals surface area contributed by atoms with Crippen molar-refractivity contribution < 1.29 is 19.1 Å². The standard InChI is InChI=1S/C24H22N4O5S/c1-3-32-23(30)17-19(25)18(24(31)33-4-2)22-28(20(17)15-8-6-10-27-13-15)21(29)16(34-22)11-14-7-5-9-26-12-14/h5-13,20H,3-4,25H2,1-2H3/b16-11+/t20-/m1/s1. The van der Waals surface area contributed by atoms with Crippen LogP contribution in [0.4, 0.5) is 0 Å². The third kappa shape index (κ3) is 4.15. The van der Waals surface area contributed by atoms with E-state index in [1.165, 1.54) is 4.57 Å². The Morgan fingerprint density at radius 2 is 1.76 bits per heavy atom. The highest BCUT2D eigenvalue weighted by atomic mass is 32.1. The number of nitrogens with zero attached hydrogens (tertiary/aromatic N) is 3. The molecule has 1 aliphatic heterocycles. The minimum Gasteiger partial charge on any atom is -0.463 e. The second-order valence-electron chi connectivity index (χ2n) is 7.21. The highest BCUT2D eigenvalue weighted by molar-refractivity contribution is 7.07. The Morgan fingerprint density at radius 1 is 1.09 bits per heavy atom. The van der Waals surface area contributed by atoms with Crippen LogP contribution in [0.5, 0.6) is 0 Å². The topological polar surface area (TPSA) is 126 Å². The van der Waals surface area contributed by atoms with Gasteiger partial charge in [0.05, 0.1) is 35.1 Å². The fraction of sp³-hybridized carbons (Fsp3) is 0.208. The van der Waals surface area contributed by atoms with Crippen molar-refractivity contribution in [2.45, 2.75) is 19.9 Å². The Balaban J connectivity index is 2.11. The van der Waals surface area contributed by atoms with Crippen molar-refractivity contribution in [3.8, 4) is 0 Å². The van der Waals surface area contributed by atoms with Crippen LogP contribution in [0.15, 0.2) is 65.1 Å². The molecule has 0 fully saturated rings. The molecule has 0 spiro atoms. The zero-order chi connectivity index (χ0) is 24.2. The van der Waals surface area contributed by atoms with Crippen LogP contribution in [0.25, 0.3) is 11.6 Å². The van der Waals surface area contributed by atoms with Crippen LogP contribution in [0.2, 0.25) is 0 Å². The third-order valence-electron chi connectivity index (χ3n) is 5.12. The maximum absolute atomic E-state index is 13.7. The van der Waals surface area contributed by atoms with Crippen molar-refractivity contribution >= 4 is 34.9 Å². The molecule has 4 rings (SSSR count). The van der Waals surface area contributed by atoms with Gasteiger partial charge in [0.1, 0.15) is 10.2 Å². The molecule has 3 aromatic heterocycles. The summed E-state index contributed by atoms with van der Waals surface area (Å²) in [5.41, 5.74) is 7.15. The molecule has 0 radical (unpaired) electrons. The Bertz CT molecular complexity index is 1440. The first kappa shape index (κ1) is 23.1. The van der Waals surface area contributed by atoms with E-state index in [0.29, 0.717) is 15.7 Å². The van der Waals surface area contributed by atoms with E-state index in [2.05, 4.69) is 9.97 Å². The number of nitrogens with two attached hydrogens (primary N) is 1. The number of carbonyl (C=O) groups is 2. The van der Waals surface area contributed by atoms with Crippen molar-refractivity contribution in [2.75, 3.05) is 13.2 Å². The molecule has 0 bridgehead atoms. The Kier molecular flexibility index (Phi) is 6.69. The maximum Gasteiger partial charge on any atom is 0.343 e. The van der Waals surface area contributed by atoms with Crippen molar-refractivity contribution in [3.05, 3.63) is 91.0 Å². The molecule has 1 atom stereocenters. The van der Waals surface area contributed by atoms with E-state index in [1.807, 2.05) is 0 Å². The Hall–Kier alpha value is -4.05. The number of fused-ring (bicyclic) bond motifs is 1. The lowest BCUT2D eigenvalue weighted by molar-refractivity contribution is -0.139. The number of pyridine rings is 2. The molecule has 0 aliphatic carbocycles. The third-order valence-corrected chi connectivity index (χ3v) is 6.22. The quantitative estimate of drug-likeness (QED) is 0.511. The molecule has 10 heteroatoms. The molecular weight excluding hydrogens is 456 g/mol. The first-order valence-electron chi connectivity index (χ1n) is 10.6. The first-order chi connectivity index (χ1) is 16.5. The second kappa shape index (κ2) is 9.84. The van der Waals surface area contributed by atoms with Crippen LogP contribution < -0.4 is 20.5 Å². The van der Waals surface area contributed by atoms with Gasteiger partial charge in [-0.25, -0.2) is 9.59 Å². The van der Waals surface area contributed by atoms with E-state index in [0.717, 1.165) is 11.3 Å². The summed E-state index contributed by atoms with van der Waals surface area (Å²) in [5, 5.41) is 0. The van der Waals surface area contributed by atoms with E-state index >= 15 is 0 Å². The number of esters is 2. The van der Waals surface area contributed by atoms with Gasteiger partial charge in [0.15, 0.2) is 0 Å². The molecule has 174 valence electrons. The summed E-state index contributed by atoms with van der Waals surface area (Å²) in [6.45, 7) is 3.51. The van der Waals surface area contributed by atoms with Gasteiger partial charge >= 0.3 is 11.9 Å². The van der Waals surface area contributed by atoms with Crippen LogP contribution in [0.1, 0.15) is 31.0 Å². The molecule has 0 unspecified atom stereocenters. The largest absolute Gasteiger partial charge is 0.463 e. The van der Waals surface area contributed by atoms with Gasteiger partial charge in [0.2, 0.25) is 0 Å². The molecule has 4 heterocycles. The lowest BCUT2D eigenvalue weighted by Gasteiger charge is -2.27. The molecule has 3 aromatic rings. The van der Waals surface area contributed by atoms with Gasteiger partial charge < -0.3 is 15.2 Å². The molecular formula is C24H22N4O5S. The SMILES string of the molecule is CCOC(=O)C1=C(N)C(C(=O)OCC)=c2s/c(=C/c3cccnc3)c(=O)n2[C@@H]1c1cccnc1. The lowest BCUT2D eigenvalue weighted by atomic mass is 9.93. The zero-order valence-corrected chi connectivity index (χ0v) is 19.4. The van der Waals surface area contributed by atoms with Gasteiger partial charge in [-0.05, 0) is 43.2 Å². The summed E-state index contributed by atoms with van der Waals surface area (Å²) >= 11 is 1.09. The van der Waals surface area contributed by atoms with Gasteiger partial charge in [-0.2, -0.15) is 0 Å². The average molecular weight is 479 g/mol. The number of hydrogen-bond acceptors (Lipinski definition) is 9. The van der Waals surface area contributed by atoms with Gasteiger partial charge in [0.25, 0.3) is 5.56 Å². The normalized spacial score (nSPS) is 15.8. The summed E-state index contributed by atoms with van der Waals surface area (Å²) < 4.78 is 12.5. The van der Waals surface area contributed by atoms with E-state index in [9.17, 15) is 14.4 Å². The molecule has 0 saturated carbocycles. The smallest absolute Gasteiger partial charge is 0.343 e. The summed E-state index contributed by atoms with van der Waals surface area (Å²) in [5.74, 6) is -1.45. The number of rotatable bonds is 6. The first-order valence-corrected chi connectivity index (χ1v) is 11.4. The molecule has 0 amide bonds. The fourth-order valence-electron chi connectivity index (χ4n) is 3.73. The Morgan fingerprint density at radius 3 is 2.38 bits per heavy atom. The van der Waals surface area contributed by atoms with Crippen LogP contribution in [-0.2, 0) is 19.1 Å². The van der Waals surface area contributed by atoms with Crippen molar-refractivity contribution in [3.63, 3.8) is 0 Å². The number of hydrogen-bond donors (Lipinski definition) is 1. The summed E-state index contributed by atoms with van der Waals surface area (Å²) in [6, 6.07) is 6.06. The highest BCUT2D eigenvalue weighted by Gasteiger charge is 2.38. The molecule has 0 aromatic carbocycles. The van der Waals surface area contributed by atoms with E-state index in [4.69, 9.17) is 15.2 Å². The zero-order valence-electron chi connectivity index (χ0n) is 18.6. The highest BCUT2D eigenvalue weighted by Crippen LogP contribution is 2.32. The van der Waals surface area contributed by atoms with Gasteiger partial charge in [-0.15, -0.1) is 11.3 Å². The molecule has 2 N–H and O–H groups in total. The van der Waals surface area contributed by atoms with Crippen LogP contribution in [-0.4, -0.2) is 39.7 Å². The molecule has 1 aliphatic rings. The predicted molar refractivity (Wildman–Crippen MR) is 126 cm³/mol. The van der Waals surface area contributed by atoms with Gasteiger partial charge in [0, 0.05) is 24.8 Å². The van der Waals surface area contributed by atoms with E-state index < -0.39 is 23.5 Å². The minimum absolute atomic E-state index is 0.0155. The van der Waals surface area contributed by atoms with Gasteiger partial charge in [-0.3, -0.25) is 19.3 Å². The van der Waals surface area contributed by atoms with Crippen LogP contribution in [0, 0.1) is 0 Å². The number of aromatic nitrogens is 3. The Labute approximate surface area is 198 Å². The maximum atomic E-state index is 13.7. The monoisotopic (exact) mass is 478 g/mol. The molecule has 34 heavy (non-hydrogen) atoms.